The number of carbonyl (C=O) groups is 3. The normalized spacial score (nSPS) is 15.3. The number of thioether (sulfide) groups is 1. The van der Waals surface area contributed by atoms with E-state index in [1.54, 1.807) is 30.5 Å². The van der Waals surface area contributed by atoms with E-state index in [9.17, 15) is 32.7 Å². The quantitative estimate of drug-likeness (QED) is 0.247. The number of fused-ring (bicyclic) bond motifs is 1. The number of carbonyl (C=O) groups excluding carboxylic acids is 2. The van der Waals surface area contributed by atoms with Crippen molar-refractivity contribution in [3.63, 3.8) is 0 Å². The van der Waals surface area contributed by atoms with Gasteiger partial charge in [-0.3, -0.25) is 19.6 Å². The summed E-state index contributed by atoms with van der Waals surface area (Å²) in [6.45, 7) is -0.196. The van der Waals surface area contributed by atoms with Gasteiger partial charge in [-0.25, -0.2) is 4.79 Å². The number of aromatic carboxylic acids is 1. The van der Waals surface area contributed by atoms with Crippen LogP contribution in [0.2, 0.25) is 5.02 Å². The van der Waals surface area contributed by atoms with Crippen LogP contribution in [0.1, 0.15) is 32.6 Å². The van der Waals surface area contributed by atoms with Crippen LogP contribution in [-0.2, 0) is 23.9 Å². The fourth-order valence-electron chi connectivity index (χ4n) is 4.30. The zero-order chi connectivity index (χ0) is 27.9. The van der Waals surface area contributed by atoms with Crippen molar-refractivity contribution >= 4 is 57.0 Å². The Morgan fingerprint density at radius 1 is 1.05 bits per heavy atom. The fourth-order valence-corrected chi connectivity index (χ4v) is 5.42. The number of carboxylic acid groups (broad SMARTS) is 1. The van der Waals surface area contributed by atoms with Crippen LogP contribution < -0.4 is 0 Å². The monoisotopic (exact) mass is 571 g/mol. The van der Waals surface area contributed by atoms with Crippen molar-refractivity contribution in [1.29, 1.82) is 0 Å². The van der Waals surface area contributed by atoms with Crippen LogP contribution in [-0.4, -0.2) is 37.3 Å². The highest BCUT2D eigenvalue weighted by molar-refractivity contribution is 8.18. The van der Waals surface area contributed by atoms with Crippen molar-refractivity contribution in [3.05, 3.63) is 105 Å². The van der Waals surface area contributed by atoms with Crippen LogP contribution in [0.5, 0.6) is 0 Å². The Kier molecular flexibility index (Phi) is 6.96. The maximum atomic E-state index is 13.9. The molecule has 4 aromatic rings. The summed E-state index contributed by atoms with van der Waals surface area (Å²) in [7, 11) is 0. The molecule has 12 heteroatoms. The Morgan fingerprint density at radius 2 is 1.85 bits per heavy atom. The van der Waals surface area contributed by atoms with Gasteiger partial charge in [0.15, 0.2) is 0 Å². The van der Waals surface area contributed by atoms with Crippen LogP contribution in [0.25, 0.3) is 16.5 Å². The van der Waals surface area contributed by atoms with Crippen LogP contribution in [0.4, 0.5) is 18.0 Å². The van der Waals surface area contributed by atoms with Crippen molar-refractivity contribution in [1.82, 2.24) is 15.1 Å². The summed E-state index contributed by atoms with van der Waals surface area (Å²) < 4.78 is 41.7. The minimum Gasteiger partial charge on any atom is -0.478 e. The minimum absolute atomic E-state index is 0.00784. The third-order valence-electron chi connectivity index (χ3n) is 6.17. The van der Waals surface area contributed by atoms with Crippen molar-refractivity contribution in [3.8, 4) is 0 Å². The topological polar surface area (TPSA) is 103 Å². The van der Waals surface area contributed by atoms with E-state index in [0.717, 1.165) is 11.0 Å². The lowest BCUT2D eigenvalue weighted by atomic mass is 9.93. The van der Waals surface area contributed by atoms with E-state index < -0.39 is 28.9 Å². The number of benzene rings is 3. The number of aromatic nitrogens is 2. The van der Waals surface area contributed by atoms with Crippen LogP contribution in [0, 0.1) is 0 Å². The number of halogens is 4. The fraction of sp³-hybridized carbons (Fsp3) is 0.111. The number of nitrogens with one attached hydrogen (secondary N) is 1. The lowest BCUT2D eigenvalue weighted by Crippen LogP contribution is -2.28. The number of allylic oxidation sites excluding steroid dienone is 1. The molecule has 1 aliphatic rings. The molecule has 2 N–H and O–H groups in total. The maximum absolute atomic E-state index is 13.9. The molecule has 0 unspecified atom stereocenters. The van der Waals surface area contributed by atoms with Gasteiger partial charge in [0.05, 0.1) is 34.3 Å². The molecule has 1 aromatic heterocycles. The van der Waals surface area contributed by atoms with Crippen LogP contribution >= 0.6 is 23.4 Å². The number of amides is 2. The zero-order valence-corrected chi connectivity index (χ0v) is 21.3. The van der Waals surface area contributed by atoms with Gasteiger partial charge in [-0.1, -0.05) is 35.9 Å². The van der Waals surface area contributed by atoms with Gasteiger partial charge in [0.25, 0.3) is 11.1 Å². The molecule has 3 aromatic carbocycles. The van der Waals surface area contributed by atoms with Crippen molar-refractivity contribution in [2.75, 3.05) is 0 Å². The number of imide groups is 1. The Labute approximate surface area is 228 Å². The van der Waals surface area contributed by atoms with E-state index in [-0.39, 0.29) is 39.6 Å². The third-order valence-corrected chi connectivity index (χ3v) is 7.43. The van der Waals surface area contributed by atoms with E-state index in [1.807, 2.05) is 0 Å². The molecule has 2 heterocycles. The van der Waals surface area contributed by atoms with Gasteiger partial charge in [-0.15, -0.1) is 0 Å². The summed E-state index contributed by atoms with van der Waals surface area (Å²) in [4.78, 5) is 38.8. The number of rotatable bonds is 6. The van der Waals surface area contributed by atoms with Crippen molar-refractivity contribution < 1.29 is 32.7 Å². The van der Waals surface area contributed by atoms with Gasteiger partial charge in [0.1, 0.15) is 0 Å². The number of nitrogens with zero attached hydrogens (tertiary/aromatic N) is 2. The second-order valence-electron chi connectivity index (χ2n) is 8.72. The Balaban J connectivity index is 1.60. The average Bonchev–Trinajstić information content (AvgIpc) is 3.47. The predicted octanol–water partition coefficient (Wildman–Crippen LogP) is 6.78. The molecule has 39 heavy (non-hydrogen) atoms. The number of alkyl halides is 3. The smallest absolute Gasteiger partial charge is 0.416 e. The number of carboxylic acids is 1. The molecule has 198 valence electrons. The molecule has 0 spiro atoms. The number of H-pyrrole nitrogens is 1. The third kappa shape index (κ3) is 5.41. The first-order valence-electron chi connectivity index (χ1n) is 11.4. The van der Waals surface area contributed by atoms with Gasteiger partial charge >= 0.3 is 12.1 Å². The summed E-state index contributed by atoms with van der Waals surface area (Å²) in [6, 6.07) is 14.2. The van der Waals surface area contributed by atoms with Gasteiger partial charge < -0.3 is 5.11 Å². The van der Waals surface area contributed by atoms with E-state index in [2.05, 4.69) is 10.2 Å². The summed E-state index contributed by atoms with van der Waals surface area (Å²) in [6.07, 6.45) is -3.46. The van der Waals surface area contributed by atoms with E-state index in [0.29, 0.717) is 33.8 Å². The molecular weight excluding hydrogens is 555 g/mol. The highest BCUT2D eigenvalue weighted by Crippen LogP contribution is 2.41. The number of aromatic amines is 1. The second kappa shape index (κ2) is 10.2. The SMILES string of the molecule is O=C(O)c1cccc(CN2C(=O)S/C(=C(/Cc3ccc(Cl)cc3C(F)(F)F)c3ccc4[nH]ncc4c3)C2=O)c1. The minimum atomic E-state index is -4.70. The first-order chi connectivity index (χ1) is 18.5. The molecule has 7 nitrogen and oxygen atoms in total. The standard InChI is InChI=1S/C27H17ClF3N3O4S/c28-19-6-4-16(21(11-19)27(29,30)31)10-20(15-5-7-22-18(9-15)12-32-33-22)23-24(35)34(26(38)39-23)13-14-2-1-3-17(8-14)25(36)37/h1-9,11-12H,10,13H2,(H,32,33)(H,36,37)/b23-20-. The van der Waals surface area contributed by atoms with Gasteiger partial charge in [-0.2, -0.15) is 18.3 Å². The lowest BCUT2D eigenvalue weighted by Gasteiger charge is -2.17. The van der Waals surface area contributed by atoms with Crippen molar-refractivity contribution in [2.24, 2.45) is 0 Å². The first-order valence-corrected chi connectivity index (χ1v) is 12.6. The molecule has 5 rings (SSSR count). The second-order valence-corrected chi connectivity index (χ2v) is 10.1. The average molecular weight is 572 g/mol. The van der Waals surface area contributed by atoms with Crippen molar-refractivity contribution in [2.45, 2.75) is 19.1 Å². The first kappa shape index (κ1) is 26.5. The Bertz CT molecular complexity index is 1680. The summed E-state index contributed by atoms with van der Waals surface area (Å²) >= 11 is 6.48. The molecule has 0 saturated carbocycles. The Morgan fingerprint density at radius 3 is 2.59 bits per heavy atom. The zero-order valence-electron chi connectivity index (χ0n) is 19.8. The molecule has 0 atom stereocenters. The van der Waals surface area contributed by atoms with E-state index in [1.165, 1.54) is 30.3 Å². The number of hydrogen-bond acceptors (Lipinski definition) is 5. The van der Waals surface area contributed by atoms with Crippen LogP contribution in [0.3, 0.4) is 0 Å². The van der Waals surface area contributed by atoms with Crippen LogP contribution in [0.15, 0.2) is 71.8 Å². The maximum Gasteiger partial charge on any atom is 0.416 e. The Hall–Kier alpha value is -4.09. The summed E-state index contributed by atoms with van der Waals surface area (Å²) in [5, 5.41) is 16.0. The predicted molar refractivity (Wildman–Crippen MR) is 140 cm³/mol. The van der Waals surface area contributed by atoms with Gasteiger partial charge in [-0.05, 0) is 76.8 Å². The van der Waals surface area contributed by atoms with E-state index in [4.69, 9.17) is 11.6 Å². The molecule has 0 radical (unpaired) electrons. The molecule has 0 bridgehead atoms. The molecule has 1 aliphatic heterocycles. The molecule has 2 amide bonds. The lowest BCUT2D eigenvalue weighted by molar-refractivity contribution is -0.138. The highest BCUT2D eigenvalue weighted by atomic mass is 35.5. The molecule has 1 saturated heterocycles. The summed E-state index contributed by atoms with van der Waals surface area (Å²) in [5.74, 6) is -1.85. The summed E-state index contributed by atoms with van der Waals surface area (Å²) in [5.41, 5.74) is 0.716. The van der Waals surface area contributed by atoms with E-state index >= 15 is 0 Å². The van der Waals surface area contributed by atoms with Gasteiger partial charge in [0.2, 0.25) is 0 Å². The molecular formula is C27H17ClF3N3O4S. The molecule has 1 fully saturated rings. The number of hydrogen-bond donors (Lipinski definition) is 2. The molecule has 0 aliphatic carbocycles. The largest absolute Gasteiger partial charge is 0.478 e. The van der Waals surface area contributed by atoms with Gasteiger partial charge in [0, 0.05) is 10.4 Å². The highest BCUT2D eigenvalue weighted by Gasteiger charge is 2.39.